The van der Waals surface area contributed by atoms with E-state index < -0.39 is 11.9 Å². The van der Waals surface area contributed by atoms with Gasteiger partial charge in [-0.2, -0.15) is 0 Å². The minimum absolute atomic E-state index is 0.0938. The number of carbonyl (C=O) groups is 2. The highest BCUT2D eigenvalue weighted by Gasteiger charge is 2.16. The van der Waals surface area contributed by atoms with Gasteiger partial charge in [0.2, 0.25) is 11.5 Å². The highest BCUT2D eigenvalue weighted by atomic mass is 16.6. The van der Waals surface area contributed by atoms with Gasteiger partial charge in [-0.25, -0.2) is 9.42 Å². The van der Waals surface area contributed by atoms with Crippen molar-refractivity contribution in [3.63, 3.8) is 0 Å². The van der Waals surface area contributed by atoms with Crippen LogP contribution >= 0.6 is 0 Å². The first-order valence-electron chi connectivity index (χ1n) is 5.19. The van der Waals surface area contributed by atoms with Crippen LogP contribution in [0, 0.1) is 0 Å². The molecule has 8 nitrogen and oxygen atoms in total. The molecule has 1 aromatic carbocycles. The Labute approximate surface area is 107 Å². The predicted octanol–water partition coefficient (Wildman–Crippen LogP) is 0.691. The highest BCUT2D eigenvalue weighted by molar-refractivity contribution is 6.05. The SMILES string of the molecule is COC(=O)c1ccc(NC(=O)c2nonc2N)cc1. The van der Waals surface area contributed by atoms with Crippen LogP contribution < -0.4 is 11.1 Å². The molecule has 8 heteroatoms. The monoisotopic (exact) mass is 262 g/mol. The predicted molar refractivity (Wildman–Crippen MR) is 64.4 cm³/mol. The zero-order valence-electron chi connectivity index (χ0n) is 9.91. The number of ether oxygens (including phenoxy) is 1. The van der Waals surface area contributed by atoms with E-state index in [-0.39, 0.29) is 11.5 Å². The largest absolute Gasteiger partial charge is 0.465 e. The molecule has 2 rings (SSSR count). The molecular weight excluding hydrogens is 252 g/mol. The van der Waals surface area contributed by atoms with E-state index in [4.69, 9.17) is 5.73 Å². The molecular formula is C11H10N4O4. The Morgan fingerprint density at radius 1 is 1.26 bits per heavy atom. The Morgan fingerprint density at radius 2 is 1.95 bits per heavy atom. The molecule has 0 atom stereocenters. The maximum Gasteiger partial charge on any atom is 0.337 e. The minimum atomic E-state index is -0.551. The van der Waals surface area contributed by atoms with Crippen molar-refractivity contribution >= 4 is 23.4 Å². The number of nitrogen functional groups attached to an aromatic ring is 1. The van der Waals surface area contributed by atoms with Crippen LogP contribution in [0.4, 0.5) is 11.5 Å². The third kappa shape index (κ3) is 2.68. The van der Waals surface area contributed by atoms with Crippen molar-refractivity contribution in [2.75, 3.05) is 18.2 Å². The number of benzene rings is 1. The fraction of sp³-hybridized carbons (Fsp3) is 0.0909. The van der Waals surface area contributed by atoms with Crippen molar-refractivity contribution in [3.8, 4) is 0 Å². The molecule has 0 fully saturated rings. The van der Waals surface area contributed by atoms with E-state index in [0.29, 0.717) is 11.3 Å². The van der Waals surface area contributed by atoms with E-state index in [9.17, 15) is 9.59 Å². The summed E-state index contributed by atoms with van der Waals surface area (Å²) in [5.74, 6) is -1.10. The van der Waals surface area contributed by atoms with Crippen LogP contribution in [0.5, 0.6) is 0 Å². The fourth-order valence-corrected chi connectivity index (χ4v) is 1.35. The number of carbonyl (C=O) groups excluding carboxylic acids is 2. The van der Waals surface area contributed by atoms with Gasteiger partial charge in [0.15, 0.2) is 0 Å². The Morgan fingerprint density at radius 3 is 2.47 bits per heavy atom. The number of esters is 1. The van der Waals surface area contributed by atoms with E-state index in [1.165, 1.54) is 19.2 Å². The second-order valence-corrected chi connectivity index (χ2v) is 3.52. The van der Waals surface area contributed by atoms with Gasteiger partial charge < -0.3 is 15.8 Å². The summed E-state index contributed by atoms with van der Waals surface area (Å²) >= 11 is 0. The van der Waals surface area contributed by atoms with E-state index in [2.05, 4.69) is 25.0 Å². The van der Waals surface area contributed by atoms with Gasteiger partial charge in [-0.05, 0) is 34.6 Å². The molecule has 2 aromatic rings. The number of hydrogen-bond acceptors (Lipinski definition) is 7. The molecule has 0 aliphatic rings. The van der Waals surface area contributed by atoms with Crippen molar-refractivity contribution < 1.29 is 19.0 Å². The van der Waals surface area contributed by atoms with Gasteiger partial charge in [0.25, 0.3) is 5.91 Å². The van der Waals surface area contributed by atoms with Crippen molar-refractivity contribution in [3.05, 3.63) is 35.5 Å². The van der Waals surface area contributed by atoms with Crippen LogP contribution in [0.1, 0.15) is 20.8 Å². The highest BCUT2D eigenvalue weighted by Crippen LogP contribution is 2.13. The maximum atomic E-state index is 11.7. The summed E-state index contributed by atoms with van der Waals surface area (Å²) in [4.78, 5) is 22.9. The lowest BCUT2D eigenvalue weighted by Gasteiger charge is -2.04. The molecule has 0 aliphatic carbocycles. The molecule has 0 spiro atoms. The third-order valence-electron chi connectivity index (χ3n) is 2.29. The van der Waals surface area contributed by atoms with Gasteiger partial charge in [0, 0.05) is 5.69 Å². The minimum Gasteiger partial charge on any atom is -0.465 e. The van der Waals surface area contributed by atoms with E-state index in [1.54, 1.807) is 12.1 Å². The number of nitrogens with two attached hydrogens (primary N) is 1. The summed E-state index contributed by atoms with van der Waals surface area (Å²) in [6.45, 7) is 0. The normalized spacial score (nSPS) is 9.95. The fourth-order valence-electron chi connectivity index (χ4n) is 1.35. The number of anilines is 2. The van der Waals surface area contributed by atoms with Crippen LogP contribution in [0.25, 0.3) is 0 Å². The molecule has 1 amide bonds. The summed E-state index contributed by atoms with van der Waals surface area (Å²) in [5, 5.41) is 9.21. The molecule has 98 valence electrons. The van der Waals surface area contributed by atoms with Crippen LogP contribution in [-0.4, -0.2) is 29.3 Å². The molecule has 19 heavy (non-hydrogen) atoms. The molecule has 0 saturated heterocycles. The van der Waals surface area contributed by atoms with Crippen molar-refractivity contribution in [2.45, 2.75) is 0 Å². The topological polar surface area (TPSA) is 120 Å². The van der Waals surface area contributed by atoms with Gasteiger partial charge in [0.1, 0.15) is 0 Å². The summed E-state index contributed by atoms with van der Waals surface area (Å²) in [7, 11) is 1.29. The second kappa shape index (κ2) is 5.17. The number of amides is 1. The molecule has 0 aliphatic heterocycles. The third-order valence-corrected chi connectivity index (χ3v) is 2.29. The Hall–Kier alpha value is -2.90. The first-order valence-corrected chi connectivity index (χ1v) is 5.19. The molecule has 1 aromatic heterocycles. The number of hydrogen-bond donors (Lipinski definition) is 2. The number of nitrogens with one attached hydrogen (secondary N) is 1. The van der Waals surface area contributed by atoms with E-state index in [0.717, 1.165) is 0 Å². The van der Waals surface area contributed by atoms with Gasteiger partial charge in [-0.15, -0.1) is 0 Å². The zero-order valence-corrected chi connectivity index (χ0v) is 9.91. The maximum absolute atomic E-state index is 11.7. The van der Waals surface area contributed by atoms with Crippen molar-refractivity contribution in [1.29, 1.82) is 0 Å². The van der Waals surface area contributed by atoms with Crippen LogP contribution in [0.2, 0.25) is 0 Å². The van der Waals surface area contributed by atoms with Gasteiger partial charge >= 0.3 is 5.97 Å². The Bertz CT molecular complexity index is 605. The van der Waals surface area contributed by atoms with Crippen molar-refractivity contribution in [1.82, 2.24) is 10.3 Å². The Balaban J connectivity index is 2.10. The van der Waals surface area contributed by atoms with Gasteiger partial charge in [0.05, 0.1) is 12.7 Å². The summed E-state index contributed by atoms with van der Waals surface area (Å²) in [6.07, 6.45) is 0. The number of nitrogens with zero attached hydrogens (tertiary/aromatic N) is 2. The quantitative estimate of drug-likeness (QED) is 0.780. The first-order chi connectivity index (χ1) is 9.11. The number of methoxy groups -OCH3 is 1. The lowest BCUT2D eigenvalue weighted by Crippen LogP contribution is -2.14. The van der Waals surface area contributed by atoms with Crippen LogP contribution in [0.15, 0.2) is 28.9 Å². The average molecular weight is 262 g/mol. The van der Waals surface area contributed by atoms with Gasteiger partial charge in [-0.1, -0.05) is 0 Å². The van der Waals surface area contributed by atoms with E-state index in [1.807, 2.05) is 0 Å². The van der Waals surface area contributed by atoms with Gasteiger partial charge in [-0.3, -0.25) is 4.79 Å². The van der Waals surface area contributed by atoms with Crippen molar-refractivity contribution in [2.24, 2.45) is 0 Å². The lowest BCUT2D eigenvalue weighted by atomic mass is 10.2. The zero-order chi connectivity index (χ0) is 13.8. The average Bonchev–Trinajstić information content (AvgIpc) is 2.85. The summed E-state index contributed by atoms with van der Waals surface area (Å²) < 4.78 is 8.88. The second-order valence-electron chi connectivity index (χ2n) is 3.52. The lowest BCUT2D eigenvalue weighted by molar-refractivity contribution is 0.0600. The molecule has 0 saturated carbocycles. The number of rotatable bonds is 3. The van der Waals surface area contributed by atoms with Crippen LogP contribution in [-0.2, 0) is 4.74 Å². The summed E-state index contributed by atoms with van der Waals surface area (Å²) in [6, 6.07) is 6.14. The molecule has 0 radical (unpaired) electrons. The summed E-state index contributed by atoms with van der Waals surface area (Å²) in [5.41, 5.74) is 6.14. The van der Waals surface area contributed by atoms with E-state index >= 15 is 0 Å². The molecule has 1 heterocycles. The first kappa shape index (κ1) is 12.6. The molecule has 0 bridgehead atoms. The smallest absolute Gasteiger partial charge is 0.337 e. The molecule has 3 N–H and O–H groups in total. The Kier molecular flexibility index (Phi) is 3.42. The molecule has 0 unspecified atom stereocenters. The standard InChI is InChI=1S/C11H10N4O4/c1-18-11(17)6-2-4-7(5-3-6)13-10(16)8-9(12)15-19-14-8/h2-5H,1H3,(H2,12,15)(H,13,16). The number of aromatic nitrogens is 2. The van der Waals surface area contributed by atoms with Crippen LogP contribution in [0.3, 0.4) is 0 Å².